The zero-order chi connectivity index (χ0) is 14.8. The van der Waals surface area contributed by atoms with Gasteiger partial charge in [0.1, 0.15) is 0 Å². The minimum Gasteiger partial charge on any atom is -0.398 e. The molecule has 2 rings (SSSR count). The van der Waals surface area contributed by atoms with Crippen LogP contribution in [0.3, 0.4) is 0 Å². The van der Waals surface area contributed by atoms with Crippen LogP contribution < -0.4 is 10.5 Å². The SMILES string of the molecule is CCC1CCCC(NS(=O)(=O)c2ccc(N)c(Cl)c2)C1. The fraction of sp³-hybridized carbons (Fsp3) is 0.571. The summed E-state index contributed by atoms with van der Waals surface area (Å²) in [6.07, 6.45) is 5.19. The molecule has 1 aliphatic rings. The topological polar surface area (TPSA) is 72.2 Å². The molecule has 4 nitrogen and oxygen atoms in total. The fourth-order valence-electron chi connectivity index (χ4n) is 2.73. The molecular formula is C14H21ClN2O2S. The molecule has 0 aromatic heterocycles. The highest BCUT2D eigenvalue weighted by Crippen LogP contribution is 2.28. The van der Waals surface area contributed by atoms with Gasteiger partial charge in [0.05, 0.1) is 15.6 Å². The van der Waals surface area contributed by atoms with Crippen LogP contribution in [0, 0.1) is 5.92 Å². The van der Waals surface area contributed by atoms with Crippen LogP contribution in [0.4, 0.5) is 5.69 Å². The van der Waals surface area contributed by atoms with E-state index < -0.39 is 10.0 Å². The molecule has 0 spiro atoms. The number of hydrogen-bond acceptors (Lipinski definition) is 3. The highest BCUT2D eigenvalue weighted by Gasteiger charge is 2.25. The summed E-state index contributed by atoms with van der Waals surface area (Å²) in [5.41, 5.74) is 5.99. The highest BCUT2D eigenvalue weighted by molar-refractivity contribution is 7.89. The molecule has 0 heterocycles. The number of sulfonamides is 1. The van der Waals surface area contributed by atoms with Crippen molar-refractivity contribution in [1.82, 2.24) is 4.72 Å². The molecule has 2 atom stereocenters. The van der Waals surface area contributed by atoms with Crippen LogP contribution in [0.15, 0.2) is 23.1 Å². The lowest BCUT2D eigenvalue weighted by molar-refractivity contribution is 0.301. The number of anilines is 1. The molecule has 1 aliphatic carbocycles. The van der Waals surface area contributed by atoms with Crippen LogP contribution >= 0.6 is 11.6 Å². The Bertz CT molecular complexity index is 575. The molecule has 3 N–H and O–H groups in total. The van der Waals surface area contributed by atoms with Gasteiger partial charge >= 0.3 is 0 Å². The lowest BCUT2D eigenvalue weighted by Gasteiger charge is -2.28. The fourth-order valence-corrected chi connectivity index (χ4v) is 4.29. The van der Waals surface area contributed by atoms with Gasteiger partial charge in [0.2, 0.25) is 10.0 Å². The van der Waals surface area contributed by atoms with E-state index in [0.717, 1.165) is 25.7 Å². The van der Waals surface area contributed by atoms with Gasteiger partial charge in [-0.1, -0.05) is 37.8 Å². The van der Waals surface area contributed by atoms with Gasteiger partial charge < -0.3 is 5.73 Å². The first kappa shape index (κ1) is 15.6. The molecule has 0 saturated heterocycles. The van der Waals surface area contributed by atoms with Crippen molar-refractivity contribution in [2.24, 2.45) is 5.92 Å². The van der Waals surface area contributed by atoms with E-state index in [0.29, 0.717) is 11.6 Å². The largest absolute Gasteiger partial charge is 0.398 e. The molecule has 0 radical (unpaired) electrons. The third-order valence-electron chi connectivity index (χ3n) is 3.96. The van der Waals surface area contributed by atoms with Crippen LogP contribution in [0.1, 0.15) is 39.0 Å². The monoisotopic (exact) mass is 316 g/mol. The predicted octanol–water partition coefficient (Wildman–Crippen LogP) is 3.17. The normalized spacial score (nSPS) is 23.7. The molecule has 1 aromatic carbocycles. The highest BCUT2D eigenvalue weighted by atomic mass is 35.5. The molecule has 20 heavy (non-hydrogen) atoms. The number of nitrogens with one attached hydrogen (secondary N) is 1. The van der Waals surface area contributed by atoms with Gasteiger partial charge in [0.25, 0.3) is 0 Å². The summed E-state index contributed by atoms with van der Waals surface area (Å²) in [6.45, 7) is 2.15. The van der Waals surface area contributed by atoms with Gasteiger partial charge in [-0.2, -0.15) is 0 Å². The number of nitrogen functional groups attached to an aromatic ring is 1. The second-order valence-corrected chi connectivity index (χ2v) is 7.56. The number of hydrogen-bond donors (Lipinski definition) is 2. The average molecular weight is 317 g/mol. The molecule has 112 valence electrons. The Morgan fingerprint density at radius 1 is 1.40 bits per heavy atom. The zero-order valence-electron chi connectivity index (χ0n) is 11.6. The van der Waals surface area contributed by atoms with Crippen molar-refractivity contribution in [3.63, 3.8) is 0 Å². The molecule has 1 aromatic rings. The maximum Gasteiger partial charge on any atom is 0.240 e. The Morgan fingerprint density at radius 2 is 2.15 bits per heavy atom. The third-order valence-corrected chi connectivity index (χ3v) is 5.81. The third kappa shape index (κ3) is 3.65. The van der Waals surface area contributed by atoms with Crippen LogP contribution in [0.2, 0.25) is 5.02 Å². The van der Waals surface area contributed by atoms with Gasteiger partial charge in [0, 0.05) is 6.04 Å². The maximum atomic E-state index is 12.3. The van der Waals surface area contributed by atoms with Crippen molar-refractivity contribution in [2.75, 3.05) is 5.73 Å². The van der Waals surface area contributed by atoms with E-state index >= 15 is 0 Å². The van der Waals surface area contributed by atoms with Crippen LogP contribution in [-0.2, 0) is 10.0 Å². The van der Waals surface area contributed by atoms with Crippen molar-refractivity contribution >= 4 is 27.3 Å². The van der Waals surface area contributed by atoms with Crippen molar-refractivity contribution in [3.05, 3.63) is 23.2 Å². The van der Waals surface area contributed by atoms with Crippen LogP contribution in [-0.4, -0.2) is 14.5 Å². The van der Waals surface area contributed by atoms with Gasteiger partial charge in [-0.05, 0) is 37.0 Å². The van der Waals surface area contributed by atoms with Gasteiger partial charge in [-0.25, -0.2) is 13.1 Å². The van der Waals surface area contributed by atoms with Crippen molar-refractivity contribution < 1.29 is 8.42 Å². The minimum absolute atomic E-state index is 0.0232. The van der Waals surface area contributed by atoms with Crippen molar-refractivity contribution in [2.45, 2.75) is 50.0 Å². The molecule has 0 amide bonds. The Balaban J connectivity index is 2.12. The number of halogens is 1. The molecule has 2 unspecified atom stereocenters. The minimum atomic E-state index is -3.52. The number of rotatable bonds is 4. The second kappa shape index (κ2) is 6.33. The summed E-state index contributed by atoms with van der Waals surface area (Å²) in [7, 11) is -3.52. The quantitative estimate of drug-likeness (QED) is 0.838. The van der Waals surface area contributed by atoms with Crippen molar-refractivity contribution in [3.8, 4) is 0 Å². The summed E-state index contributed by atoms with van der Waals surface area (Å²) in [6, 6.07) is 4.44. The predicted molar refractivity (Wildman–Crippen MR) is 82.2 cm³/mol. The Kier molecular flexibility index (Phi) is 4.94. The first-order chi connectivity index (χ1) is 9.42. The van der Waals surface area contributed by atoms with Gasteiger partial charge in [-0.3, -0.25) is 0 Å². The Hall–Kier alpha value is -0.780. The first-order valence-corrected chi connectivity index (χ1v) is 8.86. The molecule has 6 heteroatoms. The molecular weight excluding hydrogens is 296 g/mol. The lowest BCUT2D eigenvalue weighted by Crippen LogP contribution is -2.38. The van der Waals surface area contributed by atoms with Gasteiger partial charge in [-0.15, -0.1) is 0 Å². The summed E-state index contributed by atoms with van der Waals surface area (Å²) in [5.74, 6) is 0.617. The first-order valence-electron chi connectivity index (χ1n) is 6.99. The molecule has 0 bridgehead atoms. The summed E-state index contributed by atoms with van der Waals surface area (Å²) < 4.78 is 27.5. The summed E-state index contributed by atoms with van der Waals surface area (Å²) >= 11 is 5.89. The summed E-state index contributed by atoms with van der Waals surface area (Å²) in [5, 5.41) is 0.267. The lowest BCUT2D eigenvalue weighted by atomic mass is 9.85. The van der Waals surface area contributed by atoms with Crippen LogP contribution in [0.25, 0.3) is 0 Å². The summed E-state index contributed by atoms with van der Waals surface area (Å²) in [4.78, 5) is 0.176. The van der Waals surface area contributed by atoms with Crippen molar-refractivity contribution in [1.29, 1.82) is 0 Å². The van der Waals surface area contributed by atoms with E-state index in [-0.39, 0.29) is 16.0 Å². The number of benzene rings is 1. The maximum absolute atomic E-state index is 12.3. The van der Waals surface area contributed by atoms with E-state index in [1.807, 2.05) is 0 Å². The van der Waals surface area contributed by atoms with E-state index in [2.05, 4.69) is 11.6 Å². The van der Waals surface area contributed by atoms with E-state index in [1.54, 1.807) is 0 Å². The van der Waals surface area contributed by atoms with E-state index in [4.69, 9.17) is 17.3 Å². The van der Waals surface area contributed by atoms with Gasteiger partial charge in [0.15, 0.2) is 0 Å². The smallest absolute Gasteiger partial charge is 0.240 e. The Morgan fingerprint density at radius 3 is 2.80 bits per heavy atom. The molecule has 0 aliphatic heterocycles. The van der Waals surface area contributed by atoms with E-state index in [1.165, 1.54) is 24.6 Å². The Labute approximate surface area is 125 Å². The van der Waals surface area contributed by atoms with Crippen LogP contribution in [0.5, 0.6) is 0 Å². The van der Waals surface area contributed by atoms with E-state index in [9.17, 15) is 8.42 Å². The molecule has 1 saturated carbocycles. The number of nitrogens with two attached hydrogens (primary N) is 1. The standard InChI is InChI=1S/C14H21ClN2O2S/c1-2-10-4-3-5-11(8-10)17-20(18,19)12-6-7-14(16)13(15)9-12/h6-7,9-11,17H,2-5,8,16H2,1H3. The second-order valence-electron chi connectivity index (χ2n) is 5.44. The zero-order valence-corrected chi connectivity index (χ0v) is 13.2. The average Bonchev–Trinajstić information content (AvgIpc) is 2.41. The molecule has 1 fully saturated rings.